The first-order valence-electron chi connectivity index (χ1n) is 10.6. The van der Waals surface area contributed by atoms with Gasteiger partial charge in [-0.1, -0.05) is 53.6 Å². The minimum Gasteiger partial charge on any atom is -0.352 e. The Morgan fingerprint density at radius 2 is 1.73 bits per heavy atom. The van der Waals surface area contributed by atoms with Crippen LogP contribution in [0.3, 0.4) is 0 Å². The van der Waals surface area contributed by atoms with Crippen LogP contribution in [0.5, 0.6) is 0 Å². The standard InChI is InChI=1S/C27H21ClN2OS2/c1-17-2-4-18(5-3-17)23-14-20(15-25-22(23)11-13-32-25)27(31)29-12-10-26-30-24(16-33-26)19-6-8-21(28)9-7-19/h2-9,11,13-16H,10,12H2,1H3,(H,29,31). The van der Waals surface area contributed by atoms with Crippen LogP contribution in [0.15, 0.2) is 77.5 Å². The van der Waals surface area contributed by atoms with Crippen molar-refractivity contribution in [3.8, 4) is 22.4 Å². The number of nitrogens with one attached hydrogen (secondary N) is 1. The summed E-state index contributed by atoms with van der Waals surface area (Å²) in [6.07, 6.45) is 0.691. The number of amides is 1. The van der Waals surface area contributed by atoms with Gasteiger partial charge in [0.2, 0.25) is 0 Å². The van der Waals surface area contributed by atoms with E-state index in [1.165, 1.54) is 10.9 Å². The van der Waals surface area contributed by atoms with Gasteiger partial charge < -0.3 is 5.32 Å². The summed E-state index contributed by atoms with van der Waals surface area (Å²) in [5.74, 6) is -0.0619. The van der Waals surface area contributed by atoms with Crippen molar-refractivity contribution in [2.24, 2.45) is 0 Å². The van der Waals surface area contributed by atoms with E-state index in [9.17, 15) is 4.79 Å². The maximum absolute atomic E-state index is 13.0. The van der Waals surface area contributed by atoms with Gasteiger partial charge in [-0.3, -0.25) is 4.79 Å². The minimum absolute atomic E-state index is 0.0619. The molecule has 0 unspecified atom stereocenters. The second kappa shape index (κ2) is 9.48. The Kier molecular flexibility index (Phi) is 6.27. The molecule has 2 heterocycles. The molecule has 0 aliphatic rings. The van der Waals surface area contributed by atoms with Gasteiger partial charge in [-0.2, -0.15) is 0 Å². The van der Waals surface area contributed by atoms with Crippen LogP contribution < -0.4 is 5.32 Å². The van der Waals surface area contributed by atoms with Crippen molar-refractivity contribution in [3.05, 3.63) is 98.6 Å². The minimum atomic E-state index is -0.0619. The topological polar surface area (TPSA) is 42.0 Å². The van der Waals surface area contributed by atoms with E-state index in [0.29, 0.717) is 23.6 Å². The second-order valence-corrected chi connectivity index (χ2v) is 10.2. The first-order valence-corrected chi connectivity index (χ1v) is 12.8. The summed E-state index contributed by atoms with van der Waals surface area (Å²) in [6, 6.07) is 22.2. The molecule has 5 aromatic rings. The molecule has 164 valence electrons. The SMILES string of the molecule is Cc1ccc(-c2cc(C(=O)NCCc3nc(-c4ccc(Cl)cc4)cs3)cc3sccc23)cc1. The third-order valence-electron chi connectivity index (χ3n) is 5.51. The highest BCUT2D eigenvalue weighted by Crippen LogP contribution is 2.33. The third-order valence-corrected chi connectivity index (χ3v) is 7.54. The van der Waals surface area contributed by atoms with Gasteiger partial charge in [0.1, 0.15) is 0 Å². The van der Waals surface area contributed by atoms with E-state index in [-0.39, 0.29) is 5.91 Å². The first-order chi connectivity index (χ1) is 16.1. The second-order valence-electron chi connectivity index (χ2n) is 7.86. The number of hydrogen-bond donors (Lipinski definition) is 1. The number of thiazole rings is 1. The fourth-order valence-electron chi connectivity index (χ4n) is 3.74. The molecule has 33 heavy (non-hydrogen) atoms. The van der Waals surface area contributed by atoms with Crippen molar-refractivity contribution in [3.63, 3.8) is 0 Å². The van der Waals surface area contributed by atoms with Gasteiger partial charge in [0.15, 0.2) is 0 Å². The molecule has 0 atom stereocenters. The average molecular weight is 489 g/mol. The van der Waals surface area contributed by atoms with Crippen LogP contribution in [0.4, 0.5) is 0 Å². The molecular weight excluding hydrogens is 468 g/mol. The zero-order valence-electron chi connectivity index (χ0n) is 18.0. The molecule has 5 rings (SSSR count). The number of hydrogen-bond acceptors (Lipinski definition) is 4. The summed E-state index contributed by atoms with van der Waals surface area (Å²) < 4.78 is 1.12. The number of carbonyl (C=O) groups is 1. The summed E-state index contributed by atoms with van der Waals surface area (Å²) >= 11 is 9.23. The Morgan fingerprint density at radius 1 is 0.970 bits per heavy atom. The number of thiophene rings is 1. The molecular formula is C27H21ClN2OS2. The van der Waals surface area contributed by atoms with E-state index in [0.717, 1.165) is 32.1 Å². The summed E-state index contributed by atoms with van der Waals surface area (Å²) in [7, 11) is 0. The predicted octanol–water partition coefficient (Wildman–Crippen LogP) is 7.63. The molecule has 0 aliphatic heterocycles. The zero-order valence-corrected chi connectivity index (χ0v) is 20.4. The average Bonchev–Trinajstić information content (AvgIpc) is 3.49. The van der Waals surface area contributed by atoms with E-state index in [4.69, 9.17) is 16.6 Å². The van der Waals surface area contributed by atoms with Crippen molar-refractivity contribution in [1.29, 1.82) is 0 Å². The van der Waals surface area contributed by atoms with E-state index < -0.39 is 0 Å². The number of fused-ring (bicyclic) bond motifs is 1. The van der Waals surface area contributed by atoms with Crippen molar-refractivity contribution < 1.29 is 4.79 Å². The fourth-order valence-corrected chi connectivity index (χ4v) is 5.52. The van der Waals surface area contributed by atoms with Crippen LogP contribution in [0.25, 0.3) is 32.5 Å². The lowest BCUT2D eigenvalue weighted by molar-refractivity contribution is 0.0954. The Labute approximate surface area is 205 Å². The number of halogens is 1. The van der Waals surface area contributed by atoms with Gasteiger partial charge in [-0.05, 0) is 53.8 Å². The maximum atomic E-state index is 13.0. The van der Waals surface area contributed by atoms with Gasteiger partial charge in [-0.15, -0.1) is 22.7 Å². The van der Waals surface area contributed by atoms with Crippen LogP contribution in [0.1, 0.15) is 20.9 Å². The van der Waals surface area contributed by atoms with Crippen LogP contribution in [0.2, 0.25) is 5.02 Å². The number of carbonyl (C=O) groups excluding carboxylic acids is 1. The first kappa shape index (κ1) is 21.8. The molecule has 0 saturated heterocycles. The van der Waals surface area contributed by atoms with Gasteiger partial charge in [0.05, 0.1) is 10.7 Å². The number of aryl methyl sites for hydroxylation is 1. The fraction of sp³-hybridized carbons (Fsp3) is 0.111. The highest BCUT2D eigenvalue weighted by molar-refractivity contribution is 7.17. The summed E-state index contributed by atoms with van der Waals surface area (Å²) in [5, 5.41) is 10.1. The molecule has 0 fully saturated rings. The molecule has 0 radical (unpaired) electrons. The van der Waals surface area contributed by atoms with Crippen LogP contribution in [-0.2, 0) is 6.42 Å². The molecule has 0 aliphatic carbocycles. The van der Waals surface area contributed by atoms with Crippen molar-refractivity contribution in [2.75, 3.05) is 6.54 Å². The van der Waals surface area contributed by atoms with Gasteiger partial charge in [-0.25, -0.2) is 4.98 Å². The van der Waals surface area contributed by atoms with E-state index >= 15 is 0 Å². The lowest BCUT2D eigenvalue weighted by atomic mass is 9.98. The largest absolute Gasteiger partial charge is 0.352 e. The van der Waals surface area contributed by atoms with Crippen LogP contribution in [0, 0.1) is 6.92 Å². The Balaban J connectivity index is 1.29. The Hall–Kier alpha value is -2.99. The summed E-state index contributed by atoms with van der Waals surface area (Å²) in [6.45, 7) is 2.61. The zero-order chi connectivity index (χ0) is 22.8. The lowest BCUT2D eigenvalue weighted by Crippen LogP contribution is -2.25. The monoisotopic (exact) mass is 488 g/mol. The molecule has 6 heteroatoms. The molecule has 1 N–H and O–H groups in total. The maximum Gasteiger partial charge on any atom is 0.251 e. The summed E-state index contributed by atoms with van der Waals surface area (Å²) in [5.41, 5.74) is 6.09. The third kappa shape index (κ3) is 4.86. The quantitative estimate of drug-likeness (QED) is 0.267. The summed E-state index contributed by atoms with van der Waals surface area (Å²) in [4.78, 5) is 17.7. The lowest BCUT2D eigenvalue weighted by Gasteiger charge is -2.09. The highest BCUT2D eigenvalue weighted by Gasteiger charge is 2.13. The van der Waals surface area contributed by atoms with Gasteiger partial charge in [0.25, 0.3) is 5.91 Å². The predicted molar refractivity (Wildman–Crippen MR) is 141 cm³/mol. The Morgan fingerprint density at radius 3 is 2.52 bits per heavy atom. The van der Waals surface area contributed by atoms with E-state index in [1.54, 1.807) is 22.7 Å². The van der Waals surface area contributed by atoms with Gasteiger partial charge in [0, 0.05) is 44.6 Å². The number of benzene rings is 3. The normalized spacial score (nSPS) is 11.1. The van der Waals surface area contributed by atoms with Crippen LogP contribution >= 0.6 is 34.3 Å². The van der Waals surface area contributed by atoms with E-state index in [1.807, 2.05) is 41.8 Å². The molecule has 2 aromatic heterocycles. The number of rotatable bonds is 6. The van der Waals surface area contributed by atoms with Crippen molar-refractivity contribution in [2.45, 2.75) is 13.3 Å². The number of nitrogens with zero attached hydrogens (tertiary/aromatic N) is 1. The van der Waals surface area contributed by atoms with Gasteiger partial charge >= 0.3 is 0 Å². The van der Waals surface area contributed by atoms with E-state index in [2.05, 4.69) is 48.0 Å². The molecule has 0 spiro atoms. The molecule has 0 saturated carbocycles. The molecule has 3 nitrogen and oxygen atoms in total. The molecule has 3 aromatic carbocycles. The van der Waals surface area contributed by atoms with Crippen LogP contribution in [-0.4, -0.2) is 17.4 Å². The van der Waals surface area contributed by atoms with Crippen molar-refractivity contribution >= 4 is 50.3 Å². The molecule has 1 amide bonds. The Bertz CT molecular complexity index is 1420. The highest BCUT2D eigenvalue weighted by atomic mass is 35.5. The van der Waals surface area contributed by atoms with Crippen molar-refractivity contribution in [1.82, 2.24) is 10.3 Å². The molecule has 0 bridgehead atoms. The number of aromatic nitrogens is 1. The smallest absolute Gasteiger partial charge is 0.251 e.